The first-order chi connectivity index (χ1) is 10.4. The van der Waals surface area contributed by atoms with Crippen LogP contribution in [0.2, 0.25) is 0 Å². The second-order valence-corrected chi connectivity index (χ2v) is 6.16. The van der Waals surface area contributed by atoms with Crippen LogP contribution in [0.15, 0.2) is 36.0 Å². The Balaban J connectivity index is 2.43. The maximum absolute atomic E-state index is 11.1. The van der Waals surface area contributed by atoms with Crippen molar-refractivity contribution in [3.05, 3.63) is 52.2 Å². The Morgan fingerprint density at radius 1 is 1.55 bits per heavy atom. The molecule has 114 valence electrons. The molecule has 6 heteroatoms. The number of nitrogens with zero attached hydrogens (tertiary/aromatic N) is 1. The van der Waals surface area contributed by atoms with Crippen LogP contribution in [0, 0.1) is 0 Å². The fourth-order valence-corrected chi connectivity index (χ4v) is 3.15. The van der Waals surface area contributed by atoms with Gasteiger partial charge in [-0.1, -0.05) is 25.1 Å². The first-order valence-electron chi connectivity index (χ1n) is 6.56. The number of carbonyl (C=O) groups is 1. The predicted octanol–water partition coefficient (Wildman–Crippen LogP) is 3.94. The van der Waals surface area contributed by atoms with Crippen molar-refractivity contribution in [3.63, 3.8) is 0 Å². The number of pyridine rings is 1. The molecule has 2 aromatic rings. The molecule has 0 bridgehead atoms. The minimum atomic E-state index is -0.756. The Morgan fingerprint density at radius 2 is 2.27 bits per heavy atom. The monoisotopic (exact) mass is 334 g/mol. The maximum Gasteiger partial charge on any atom is 0.271 e. The van der Waals surface area contributed by atoms with E-state index in [1.807, 2.05) is 12.1 Å². The van der Waals surface area contributed by atoms with Crippen molar-refractivity contribution >= 4 is 34.9 Å². The smallest absolute Gasteiger partial charge is 0.271 e. The van der Waals surface area contributed by atoms with Crippen LogP contribution in [-0.4, -0.2) is 16.0 Å². The Morgan fingerprint density at radius 3 is 2.82 bits per heavy atom. The number of nitrogens with two attached hydrogens (primary N) is 1. The van der Waals surface area contributed by atoms with E-state index in [1.54, 1.807) is 17.4 Å². The highest BCUT2D eigenvalue weighted by Crippen LogP contribution is 2.34. The molecule has 0 fully saturated rings. The third-order valence-electron chi connectivity index (χ3n) is 3.02. The number of primary amides is 1. The largest absolute Gasteiger partial charge is 0.505 e. The summed E-state index contributed by atoms with van der Waals surface area (Å²) in [5.41, 5.74) is 6.89. The molecule has 22 heavy (non-hydrogen) atoms. The average Bonchev–Trinajstić information content (AvgIpc) is 2.87. The van der Waals surface area contributed by atoms with Crippen molar-refractivity contribution in [2.75, 3.05) is 0 Å². The number of amides is 1. The fraction of sp³-hybridized carbons (Fsp3) is 0.125. The van der Waals surface area contributed by atoms with Crippen LogP contribution in [0.3, 0.4) is 0 Å². The highest BCUT2D eigenvalue weighted by Gasteiger charge is 2.13. The number of allylic oxidation sites excluding steroid dienone is 2. The number of thiophene rings is 1. The number of carbonyl (C=O) groups excluding carboxylic acids is 1. The minimum absolute atomic E-state index is 0.130. The molecule has 0 atom stereocenters. The summed E-state index contributed by atoms with van der Waals surface area (Å²) in [6.07, 6.45) is 6.04. The highest BCUT2D eigenvalue weighted by molar-refractivity contribution is 7.16. The fourth-order valence-electron chi connectivity index (χ4n) is 1.95. The summed E-state index contributed by atoms with van der Waals surface area (Å²) in [5, 5.41) is 10.3. The van der Waals surface area contributed by atoms with Gasteiger partial charge in [0.2, 0.25) is 0 Å². The third-order valence-corrected chi connectivity index (χ3v) is 4.34. The number of hydrogen-bond acceptors (Lipinski definition) is 4. The molecule has 0 aromatic carbocycles. The molecule has 4 nitrogen and oxygen atoms in total. The summed E-state index contributed by atoms with van der Waals surface area (Å²) in [5.74, 6) is -0.976. The molecule has 0 aliphatic rings. The zero-order valence-electron chi connectivity index (χ0n) is 12.0. The standard InChI is InChI=1S/C16H15ClN2O2S/c1-3-10-7-14(22-13(10)5-4-9(2)17)11-6-12(20)15(16(18)21)19-8-11/h4-8,20H,2-3H2,1H3,(H2,18,21)/b5-4-. The number of hydrogen-bond donors (Lipinski definition) is 2. The van der Waals surface area contributed by atoms with Gasteiger partial charge in [0, 0.05) is 26.5 Å². The van der Waals surface area contributed by atoms with E-state index in [-0.39, 0.29) is 11.4 Å². The molecule has 0 unspecified atom stereocenters. The summed E-state index contributed by atoms with van der Waals surface area (Å²) >= 11 is 7.30. The van der Waals surface area contributed by atoms with Crippen LogP contribution >= 0.6 is 22.9 Å². The van der Waals surface area contributed by atoms with Crippen molar-refractivity contribution in [1.82, 2.24) is 4.98 Å². The lowest BCUT2D eigenvalue weighted by Gasteiger charge is -2.01. The van der Waals surface area contributed by atoms with Gasteiger partial charge in [-0.3, -0.25) is 4.79 Å². The Labute approximate surface area is 137 Å². The van der Waals surface area contributed by atoms with Gasteiger partial charge in [0.25, 0.3) is 5.91 Å². The van der Waals surface area contributed by atoms with E-state index in [1.165, 1.54) is 12.3 Å². The second kappa shape index (κ2) is 6.77. The summed E-state index contributed by atoms with van der Waals surface area (Å²) in [4.78, 5) is 17.0. The van der Waals surface area contributed by atoms with Crippen LogP contribution in [0.4, 0.5) is 0 Å². The molecule has 0 saturated heterocycles. The van der Waals surface area contributed by atoms with Gasteiger partial charge in [-0.2, -0.15) is 0 Å². The van der Waals surface area contributed by atoms with Crippen LogP contribution in [0.5, 0.6) is 5.75 Å². The number of rotatable bonds is 5. The van der Waals surface area contributed by atoms with E-state index in [0.29, 0.717) is 5.03 Å². The Kier molecular flexibility index (Phi) is 5.00. The van der Waals surface area contributed by atoms with Gasteiger partial charge < -0.3 is 10.8 Å². The molecule has 2 rings (SSSR count). The first kappa shape index (κ1) is 16.3. The molecular weight excluding hydrogens is 320 g/mol. The van der Waals surface area contributed by atoms with Gasteiger partial charge in [0.05, 0.1) is 0 Å². The molecule has 1 amide bonds. The molecule has 0 aliphatic heterocycles. The zero-order valence-corrected chi connectivity index (χ0v) is 13.5. The first-order valence-corrected chi connectivity index (χ1v) is 7.76. The minimum Gasteiger partial charge on any atom is -0.505 e. The van der Waals surface area contributed by atoms with E-state index in [2.05, 4.69) is 18.5 Å². The van der Waals surface area contributed by atoms with Crippen molar-refractivity contribution in [1.29, 1.82) is 0 Å². The second-order valence-electron chi connectivity index (χ2n) is 4.59. The van der Waals surface area contributed by atoms with Crippen LogP contribution in [-0.2, 0) is 6.42 Å². The van der Waals surface area contributed by atoms with E-state index in [4.69, 9.17) is 17.3 Å². The summed E-state index contributed by atoms with van der Waals surface area (Å²) in [6.45, 7) is 5.68. The van der Waals surface area contributed by atoms with Gasteiger partial charge >= 0.3 is 0 Å². The van der Waals surface area contributed by atoms with Crippen molar-refractivity contribution < 1.29 is 9.90 Å². The molecular formula is C16H15ClN2O2S. The predicted molar refractivity (Wildman–Crippen MR) is 91.1 cm³/mol. The van der Waals surface area contributed by atoms with Crippen molar-refractivity contribution in [2.24, 2.45) is 5.73 Å². The van der Waals surface area contributed by atoms with E-state index < -0.39 is 5.91 Å². The quantitative estimate of drug-likeness (QED) is 0.813. The van der Waals surface area contributed by atoms with Gasteiger partial charge in [-0.15, -0.1) is 11.3 Å². The van der Waals surface area contributed by atoms with Crippen molar-refractivity contribution in [2.45, 2.75) is 13.3 Å². The summed E-state index contributed by atoms with van der Waals surface area (Å²) in [7, 11) is 0. The number of halogens is 1. The Hall–Kier alpha value is -2.11. The van der Waals surface area contributed by atoms with Gasteiger partial charge in [0.1, 0.15) is 5.75 Å². The topological polar surface area (TPSA) is 76.2 Å². The molecule has 0 aliphatic carbocycles. The molecule has 0 saturated carbocycles. The van der Waals surface area contributed by atoms with E-state index >= 15 is 0 Å². The summed E-state index contributed by atoms with van der Waals surface area (Å²) < 4.78 is 0. The zero-order chi connectivity index (χ0) is 16.3. The SMILES string of the molecule is C=C(Cl)/C=C\c1sc(-c2cnc(C(N)=O)c(O)c2)cc1CC. The van der Waals surface area contributed by atoms with E-state index in [0.717, 1.165) is 27.3 Å². The lowest BCUT2D eigenvalue weighted by molar-refractivity contribution is 0.0993. The number of aromatic nitrogens is 1. The third kappa shape index (κ3) is 3.55. The molecule has 2 heterocycles. The molecule has 0 radical (unpaired) electrons. The normalized spacial score (nSPS) is 11.0. The van der Waals surface area contributed by atoms with Crippen molar-refractivity contribution in [3.8, 4) is 16.2 Å². The van der Waals surface area contributed by atoms with Crippen LogP contribution < -0.4 is 5.73 Å². The van der Waals surface area contributed by atoms with Gasteiger partial charge in [-0.05, 0) is 36.3 Å². The lowest BCUT2D eigenvalue weighted by Crippen LogP contribution is -2.13. The van der Waals surface area contributed by atoms with E-state index in [9.17, 15) is 9.90 Å². The molecule has 0 spiro atoms. The number of aromatic hydroxyl groups is 1. The summed E-state index contributed by atoms with van der Waals surface area (Å²) in [6, 6.07) is 3.52. The van der Waals surface area contributed by atoms with Gasteiger partial charge in [-0.25, -0.2) is 4.98 Å². The van der Waals surface area contributed by atoms with Crippen LogP contribution in [0.25, 0.3) is 16.5 Å². The Bertz CT molecular complexity index is 766. The maximum atomic E-state index is 11.1. The van der Waals surface area contributed by atoms with Crippen LogP contribution in [0.1, 0.15) is 27.9 Å². The van der Waals surface area contributed by atoms with Gasteiger partial charge in [0.15, 0.2) is 5.69 Å². The average molecular weight is 335 g/mol. The molecule has 3 N–H and O–H groups in total. The number of aryl methyl sites for hydroxylation is 1. The molecule has 2 aromatic heterocycles. The highest BCUT2D eigenvalue weighted by atomic mass is 35.5. The lowest BCUT2D eigenvalue weighted by atomic mass is 10.1.